The number of hydrogen-bond donors (Lipinski definition) is 0. The van der Waals surface area contributed by atoms with Gasteiger partial charge in [-0.25, -0.2) is 4.98 Å². The molecule has 0 bridgehead atoms. The summed E-state index contributed by atoms with van der Waals surface area (Å²) in [5, 5.41) is 9.68. The van der Waals surface area contributed by atoms with E-state index in [0.717, 1.165) is 59.2 Å². The molecule has 1 saturated carbocycles. The molecule has 2 aliphatic rings. The van der Waals surface area contributed by atoms with E-state index in [2.05, 4.69) is 32.8 Å². The maximum atomic E-state index is 6.31. The van der Waals surface area contributed by atoms with Gasteiger partial charge in [0.25, 0.3) is 0 Å². The topological polar surface area (TPSA) is 74.6 Å². The first kappa shape index (κ1) is 16.1. The summed E-state index contributed by atoms with van der Waals surface area (Å²) in [6.07, 6.45) is 6.85. The average molecular weight is 393 g/mol. The second-order valence-electron chi connectivity index (χ2n) is 7.34. The van der Waals surface area contributed by atoms with Gasteiger partial charge < -0.3 is 9.09 Å². The summed E-state index contributed by atoms with van der Waals surface area (Å²) in [7, 11) is 0. The van der Waals surface area contributed by atoms with Crippen molar-refractivity contribution in [3.8, 4) is 28.5 Å². The van der Waals surface area contributed by atoms with E-state index in [-0.39, 0.29) is 0 Å². The first-order chi connectivity index (χ1) is 13.7. The Hall–Kier alpha value is -2.93. The van der Waals surface area contributed by atoms with Crippen LogP contribution in [0.4, 0.5) is 0 Å². The fourth-order valence-corrected chi connectivity index (χ4v) is 4.01. The van der Waals surface area contributed by atoms with Gasteiger partial charge in [-0.3, -0.25) is 4.68 Å². The number of halogens is 1. The Morgan fingerprint density at radius 1 is 1.25 bits per heavy atom. The zero-order valence-electron chi connectivity index (χ0n) is 15.3. The van der Waals surface area contributed by atoms with Crippen LogP contribution in [0.1, 0.15) is 42.8 Å². The third-order valence-electron chi connectivity index (χ3n) is 5.44. The minimum absolute atomic E-state index is 0.416. The van der Waals surface area contributed by atoms with E-state index in [0.29, 0.717) is 23.2 Å². The van der Waals surface area contributed by atoms with Crippen molar-refractivity contribution in [3.63, 3.8) is 0 Å². The smallest absolute Gasteiger partial charge is 0.230 e. The predicted octanol–water partition coefficient (Wildman–Crippen LogP) is 4.24. The van der Waals surface area contributed by atoms with E-state index in [4.69, 9.17) is 21.2 Å². The van der Waals surface area contributed by atoms with Crippen molar-refractivity contribution < 1.29 is 4.52 Å². The number of imidazole rings is 1. The molecule has 0 saturated heterocycles. The molecule has 140 valence electrons. The molecule has 4 heterocycles. The van der Waals surface area contributed by atoms with Crippen LogP contribution in [0, 0.1) is 0 Å². The maximum Gasteiger partial charge on any atom is 0.230 e. The minimum Gasteiger partial charge on any atom is -0.339 e. The van der Waals surface area contributed by atoms with Gasteiger partial charge in [-0.1, -0.05) is 16.8 Å². The molecule has 0 N–H and O–H groups in total. The van der Waals surface area contributed by atoms with E-state index in [1.165, 1.54) is 0 Å². The van der Waals surface area contributed by atoms with Crippen molar-refractivity contribution in [2.45, 2.75) is 38.6 Å². The van der Waals surface area contributed by atoms with Crippen LogP contribution in [-0.2, 0) is 13.0 Å². The second kappa shape index (κ2) is 5.78. The molecule has 0 spiro atoms. The molecule has 0 unspecified atom stereocenters. The number of rotatable bonds is 3. The van der Waals surface area contributed by atoms with Crippen LogP contribution in [-0.4, -0.2) is 29.5 Å². The summed E-state index contributed by atoms with van der Waals surface area (Å²) in [5.41, 5.74) is 5.89. The summed E-state index contributed by atoms with van der Waals surface area (Å²) in [5.74, 6) is 1.69. The van der Waals surface area contributed by atoms with Crippen LogP contribution in [0.25, 0.3) is 28.5 Å². The Morgan fingerprint density at radius 3 is 2.96 bits per heavy atom. The normalized spacial score (nSPS) is 15.1. The molecule has 1 aromatic carbocycles. The molecular weight excluding hydrogens is 376 g/mol. The third kappa shape index (κ3) is 2.36. The molecule has 28 heavy (non-hydrogen) atoms. The van der Waals surface area contributed by atoms with Gasteiger partial charge in [0.05, 0.1) is 17.1 Å². The number of aromatic nitrogens is 6. The van der Waals surface area contributed by atoms with Gasteiger partial charge in [0, 0.05) is 41.2 Å². The molecule has 0 radical (unpaired) electrons. The zero-order valence-corrected chi connectivity index (χ0v) is 16.0. The number of nitrogens with zero attached hydrogens (tertiary/aromatic N) is 6. The van der Waals surface area contributed by atoms with E-state index < -0.39 is 0 Å². The fourth-order valence-electron chi connectivity index (χ4n) is 3.83. The Balaban J connectivity index is 1.57. The molecule has 7 nitrogen and oxygen atoms in total. The Morgan fingerprint density at radius 2 is 2.14 bits per heavy atom. The van der Waals surface area contributed by atoms with Gasteiger partial charge in [-0.2, -0.15) is 10.1 Å². The lowest BCUT2D eigenvalue weighted by Crippen LogP contribution is -2.01. The monoisotopic (exact) mass is 392 g/mol. The Labute approximate surface area is 166 Å². The lowest BCUT2D eigenvalue weighted by atomic mass is 10.0. The van der Waals surface area contributed by atoms with Gasteiger partial charge in [0.15, 0.2) is 0 Å². The highest BCUT2D eigenvalue weighted by Crippen LogP contribution is 2.41. The van der Waals surface area contributed by atoms with Crippen LogP contribution < -0.4 is 0 Å². The number of benzene rings is 1. The number of hydrogen-bond acceptors (Lipinski definition) is 5. The average Bonchev–Trinajstić information content (AvgIpc) is 3.14. The van der Waals surface area contributed by atoms with Crippen LogP contribution in [0.3, 0.4) is 0 Å². The summed E-state index contributed by atoms with van der Waals surface area (Å²) >= 11 is 6.31. The summed E-state index contributed by atoms with van der Waals surface area (Å²) in [4.78, 5) is 9.25. The first-order valence-corrected chi connectivity index (χ1v) is 9.86. The van der Waals surface area contributed by atoms with Gasteiger partial charge in [-0.05, 0) is 38.0 Å². The molecule has 1 aliphatic heterocycles. The molecule has 3 aromatic heterocycles. The van der Waals surface area contributed by atoms with E-state index in [9.17, 15) is 0 Å². The highest BCUT2D eigenvalue weighted by Gasteiger charge is 2.32. The van der Waals surface area contributed by atoms with E-state index >= 15 is 0 Å². The highest BCUT2D eigenvalue weighted by molar-refractivity contribution is 6.31. The zero-order chi connectivity index (χ0) is 18.8. The van der Waals surface area contributed by atoms with Crippen molar-refractivity contribution in [1.29, 1.82) is 0 Å². The molecule has 8 heteroatoms. The maximum absolute atomic E-state index is 6.31. The molecule has 0 atom stereocenters. The standard InChI is InChI=1S/C20H17ClN6O/c1-2-26-9-12-7-16-18(19-23-20(28-25-19)11-3-4-11)22-10-27(16)15-6-5-13(21)8-14(15)17(12)24-26/h5-6,8-11H,2-4,7H2,1H3. The van der Waals surface area contributed by atoms with Crippen molar-refractivity contribution >= 4 is 11.6 Å². The molecule has 1 fully saturated rings. The molecule has 0 amide bonds. The molecular formula is C20H17ClN6O. The predicted molar refractivity (Wildman–Crippen MR) is 104 cm³/mol. The van der Waals surface area contributed by atoms with Crippen molar-refractivity contribution in [1.82, 2.24) is 29.5 Å². The van der Waals surface area contributed by atoms with Gasteiger partial charge in [0.1, 0.15) is 12.0 Å². The fraction of sp³-hybridized carbons (Fsp3) is 0.300. The highest BCUT2D eigenvalue weighted by atomic mass is 35.5. The van der Waals surface area contributed by atoms with Crippen LogP contribution in [0.15, 0.2) is 35.2 Å². The quantitative estimate of drug-likeness (QED) is 0.459. The van der Waals surface area contributed by atoms with E-state index in [1.54, 1.807) is 0 Å². The van der Waals surface area contributed by atoms with Crippen LogP contribution in [0.2, 0.25) is 5.02 Å². The number of aryl methyl sites for hydroxylation is 1. The lowest BCUT2D eigenvalue weighted by molar-refractivity contribution is 0.380. The van der Waals surface area contributed by atoms with Gasteiger partial charge >= 0.3 is 0 Å². The Bertz CT molecular complexity index is 1220. The lowest BCUT2D eigenvalue weighted by Gasteiger charge is -2.09. The molecule has 1 aliphatic carbocycles. The molecule has 6 rings (SSSR count). The minimum atomic E-state index is 0.416. The van der Waals surface area contributed by atoms with E-state index in [1.807, 2.05) is 29.2 Å². The van der Waals surface area contributed by atoms with Crippen molar-refractivity contribution in [2.24, 2.45) is 0 Å². The van der Waals surface area contributed by atoms with Gasteiger partial charge in [0.2, 0.25) is 11.7 Å². The summed E-state index contributed by atoms with van der Waals surface area (Å²) in [6, 6.07) is 5.88. The van der Waals surface area contributed by atoms with Crippen molar-refractivity contribution in [2.75, 3.05) is 0 Å². The third-order valence-corrected chi connectivity index (χ3v) is 5.67. The largest absolute Gasteiger partial charge is 0.339 e. The summed E-state index contributed by atoms with van der Waals surface area (Å²) < 4.78 is 9.51. The first-order valence-electron chi connectivity index (χ1n) is 9.48. The van der Waals surface area contributed by atoms with Gasteiger partial charge in [-0.15, -0.1) is 0 Å². The molecule has 4 aromatic rings. The second-order valence-corrected chi connectivity index (χ2v) is 7.77. The van der Waals surface area contributed by atoms with Crippen LogP contribution in [0.5, 0.6) is 0 Å². The van der Waals surface area contributed by atoms with Crippen molar-refractivity contribution in [3.05, 3.63) is 52.9 Å². The summed E-state index contributed by atoms with van der Waals surface area (Å²) in [6.45, 7) is 2.89. The Kier molecular flexibility index (Phi) is 3.32. The SMILES string of the molecule is CCn1cc2c(n1)-c1cc(Cl)ccc1-n1cnc(-c3noc(C4CC4)n3)c1C2. The van der Waals surface area contributed by atoms with Crippen LogP contribution >= 0.6 is 11.6 Å². The number of fused-ring (bicyclic) bond motifs is 5.